The molecule has 0 N–H and O–H groups in total. The standard InChI is InChI=1S/C27H25ClN4O2S/c28-22-7-4-8-23(19-22)31-13-15-32(16-14-31)26(33)18-21-9-11-24(12-10-21)34-27-29-25(30-35-27)17-20-5-2-1-3-6-20/h1-12,19H,13-18H2. The van der Waals surface area contributed by atoms with E-state index in [1.54, 1.807) is 0 Å². The number of aromatic nitrogens is 2. The van der Waals surface area contributed by atoms with Crippen molar-refractivity contribution in [1.82, 2.24) is 14.3 Å². The zero-order chi connectivity index (χ0) is 24.0. The Morgan fingerprint density at radius 1 is 0.914 bits per heavy atom. The van der Waals surface area contributed by atoms with Gasteiger partial charge in [0.2, 0.25) is 5.91 Å². The van der Waals surface area contributed by atoms with E-state index >= 15 is 0 Å². The number of piperazine rings is 1. The molecule has 0 saturated carbocycles. The Morgan fingerprint density at radius 2 is 1.69 bits per heavy atom. The summed E-state index contributed by atoms with van der Waals surface area (Å²) in [4.78, 5) is 21.5. The van der Waals surface area contributed by atoms with Crippen LogP contribution in [0.2, 0.25) is 5.02 Å². The molecule has 8 heteroatoms. The number of hydrogen-bond acceptors (Lipinski definition) is 6. The van der Waals surface area contributed by atoms with Gasteiger partial charge >= 0.3 is 0 Å². The second-order valence-electron chi connectivity index (χ2n) is 8.41. The third-order valence-corrected chi connectivity index (χ3v) is 6.81. The number of hydrogen-bond donors (Lipinski definition) is 0. The van der Waals surface area contributed by atoms with Crippen molar-refractivity contribution in [2.75, 3.05) is 31.1 Å². The molecule has 178 valence electrons. The van der Waals surface area contributed by atoms with E-state index in [2.05, 4.69) is 32.5 Å². The van der Waals surface area contributed by atoms with Crippen LogP contribution in [0, 0.1) is 0 Å². The fraction of sp³-hybridized carbons (Fsp3) is 0.222. The quantitative estimate of drug-likeness (QED) is 0.334. The van der Waals surface area contributed by atoms with Gasteiger partial charge < -0.3 is 14.5 Å². The molecule has 35 heavy (non-hydrogen) atoms. The van der Waals surface area contributed by atoms with Crippen LogP contribution >= 0.6 is 23.1 Å². The summed E-state index contributed by atoms with van der Waals surface area (Å²) >= 11 is 7.36. The lowest BCUT2D eigenvalue weighted by Crippen LogP contribution is -2.49. The molecule has 0 unspecified atom stereocenters. The van der Waals surface area contributed by atoms with Gasteiger partial charge in [0.25, 0.3) is 5.19 Å². The average molecular weight is 505 g/mol. The summed E-state index contributed by atoms with van der Waals surface area (Å²) in [5, 5.41) is 1.24. The fourth-order valence-electron chi connectivity index (χ4n) is 4.08. The molecule has 5 rings (SSSR count). The number of rotatable bonds is 7. The highest BCUT2D eigenvalue weighted by Crippen LogP contribution is 2.25. The van der Waals surface area contributed by atoms with Crippen LogP contribution < -0.4 is 9.64 Å². The maximum atomic E-state index is 12.8. The smallest absolute Gasteiger partial charge is 0.298 e. The molecule has 0 radical (unpaired) electrons. The summed E-state index contributed by atoms with van der Waals surface area (Å²) in [5.74, 6) is 1.56. The minimum Gasteiger partial charge on any atom is -0.430 e. The van der Waals surface area contributed by atoms with Gasteiger partial charge in [-0.1, -0.05) is 60.1 Å². The van der Waals surface area contributed by atoms with Gasteiger partial charge in [-0.25, -0.2) is 0 Å². The van der Waals surface area contributed by atoms with E-state index in [1.165, 1.54) is 11.5 Å². The van der Waals surface area contributed by atoms with Gasteiger partial charge in [-0.15, -0.1) is 0 Å². The summed E-state index contributed by atoms with van der Waals surface area (Å²) in [5.41, 5.74) is 3.22. The Morgan fingerprint density at radius 3 is 2.43 bits per heavy atom. The minimum atomic E-state index is 0.138. The number of carbonyl (C=O) groups is 1. The Labute approximate surface area is 213 Å². The first-order valence-electron chi connectivity index (χ1n) is 11.5. The van der Waals surface area contributed by atoms with E-state index in [0.717, 1.165) is 40.8 Å². The fourth-order valence-corrected chi connectivity index (χ4v) is 4.83. The Kier molecular flexibility index (Phi) is 7.25. The maximum absolute atomic E-state index is 12.8. The van der Waals surface area contributed by atoms with Crippen molar-refractivity contribution in [3.05, 3.63) is 101 Å². The van der Waals surface area contributed by atoms with E-state index in [9.17, 15) is 4.79 Å². The number of nitrogens with zero attached hydrogens (tertiary/aromatic N) is 4. The number of halogens is 1. The molecule has 0 spiro atoms. The second kappa shape index (κ2) is 10.9. The number of anilines is 1. The minimum absolute atomic E-state index is 0.138. The third-order valence-electron chi connectivity index (χ3n) is 5.94. The van der Waals surface area contributed by atoms with Crippen LogP contribution in [0.4, 0.5) is 5.69 Å². The lowest BCUT2D eigenvalue weighted by Gasteiger charge is -2.36. The van der Waals surface area contributed by atoms with Crippen LogP contribution in [-0.2, 0) is 17.6 Å². The summed E-state index contributed by atoms with van der Waals surface area (Å²) < 4.78 is 10.3. The van der Waals surface area contributed by atoms with Gasteiger partial charge in [0.05, 0.1) is 6.42 Å². The van der Waals surface area contributed by atoms with Crippen LogP contribution in [0.25, 0.3) is 0 Å². The third kappa shape index (κ3) is 6.18. The molecule has 1 aliphatic heterocycles. The van der Waals surface area contributed by atoms with Crippen molar-refractivity contribution < 1.29 is 9.53 Å². The summed E-state index contributed by atoms with van der Waals surface area (Å²) in [7, 11) is 0. The molecule has 4 aromatic rings. The first-order chi connectivity index (χ1) is 17.1. The summed E-state index contributed by atoms with van der Waals surface area (Å²) in [6.45, 7) is 3.00. The predicted octanol–water partition coefficient (Wildman–Crippen LogP) is 5.47. The molecule has 0 bridgehead atoms. The highest BCUT2D eigenvalue weighted by molar-refractivity contribution is 7.07. The zero-order valence-corrected chi connectivity index (χ0v) is 20.7. The van der Waals surface area contributed by atoms with Gasteiger partial charge in [0.15, 0.2) is 5.82 Å². The number of amides is 1. The Balaban J connectivity index is 1.11. The van der Waals surface area contributed by atoms with Crippen molar-refractivity contribution in [3.8, 4) is 10.9 Å². The maximum Gasteiger partial charge on any atom is 0.298 e. The Bertz CT molecular complexity index is 1270. The summed E-state index contributed by atoms with van der Waals surface area (Å²) in [6, 6.07) is 25.6. The molecule has 1 saturated heterocycles. The molecule has 1 amide bonds. The number of benzene rings is 3. The van der Waals surface area contributed by atoms with E-state index in [-0.39, 0.29) is 5.91 Å². The van der Waals surface area contributed by atoms with Crippen molar-refractivity contribution in [1.29, 1.82) is 0 Å². The molecule has 2 heterocycles. The summed E-state index contributed by atoms with van der Waals surface area (Å²) in [6.07, 6.45) is 1.05. The number of ether oxygens (including phenoxy) is 1. The highest BCUT2D eigenvalue weighted by atomic mass is 35.5. The van der Waals surface area contributed by atoms with E-state index in [0.29, 0.717) is 36.9 Å². The van der Waals surface area contributed by atoms with Gasteiger partial charge in [-0.3, -0.25) is 4.79 Å². The molecular formula is C27H25ClN4O2S. The molecule has 0 aliphatic carbocycles. The lowest BCUT2D eigenvalue weighted by molar-refractivity contribution is -0.130. The van der Waals surface area contributed by atoms with Crippen LogP contribution in [0.15, 0.2) is 78.9 Å². The van der Waals surface area contributed by atoms with Crippen LogP contribution in [0.3, 0.4) is 0 Å². The second-order valence-corrected chi connectivity index (χ2v) is 9.56. The molecule has 1 aromatic heterocycles. The topological polar surface area (TPSA) is 58.6 Å². The van der Waals surface area contributed by atoms with Crippen molar-refractivity contribution in [3.63, 3.8) is 0 Å². The molecular weight excluding hydrogens is 480 g/mol. The molecule has 1 aliphatic rings. The zero-order valence-electron chi connectivity index (χ0n) is 19.1. The predicted molar refractivity (Wildman–Crippen MR) is 140 cm³/mol. The molecule has 6 nitrogen and oxygen atoms in total. The lowest BCUT2D eigenvalue weighted by atomic mass is 10.1. The molecule has 3 aromatic carbocycles. The SMILES string of the molecule is O=C(Cc1ccc(Oc2nc(Cc3ccccc3)ns2)cc1)N1CCN(c2cccc(Cl)c2)CC1. The van der Waals surface area contributed by atoms with Gasteiger partial charge in [0, 0.05) is 54.8 Å². The van der Waals surface area contributed by atoms with E-state index in [1.807, 2.05) is 65.6 Å². The normalized spacial score (nSPS) is 13.6. The van der Waals surface area contributed by atoms with Gasteiger partial charge in [0.1, 0.15) is 5.75 Å². The van der Waals surface area contributed by atoms with Crippen molar-refractivity contribution >= 4 is 34.7 Å². The van der Waals surface area contributed by atoms with Crippen molar-refractivity contribution in [2.24, 2.45) is 0 Å². The molecule has 1 fully saturated rings. The first kappa shape index (κ1) is 23.3. The monoisotopic (exact) mass is 504 g/mol. The van der Waals surface area contributed by atoms with E-state index < -0.39 is 0 Å². The highest BCUT2D eigenvalue weighted by Gasteiger charge is 2.21. The first-order valence-corrected chi connectivity index (χ1v) is 12.7. The number of carbonyl (C=O) groups excluding carboxylic acids is 1. The van der Waals surface area contributed by atoms with E-state index in [4.69, 9.17) is 16.3 Å². The largest absolute Gasteiger partial charge is 0.430 e. The Hall–Kier alpha value is -3.42. The molecule has 0 atom stereocenters. The average Bonchev–Trinajstić information content (AvgIpc) is 3.32. The van der Waals surface area contributed by atoms with Crippen LogP contribution in [0.5, 0.6) is 10.9 Å². The van der Waals surface area contributed by atoms with Gasteiger partial charge in [-0.2, -0.15) is 9.36 Å². The van der Waals surface area contributed by atoms with Crippen LogP contribution in [-0.4, -0.2) is 46.3 Å². The van der Waals surface area contributed by atoms with Gasteiger partial charge in [-0.05, 0) is 41.5 Å². The van der Waals surface area contributed by atoms with Crippen LogP contribution in [0.1, 0.15) is 17.0 Å². The van der Waals surface area contributed by atoms with Crippen molar-refractivity contribution in [2.45, 2.75) is 12.8 Å².